The average molecular weight is 619 g/mol. The van der Waals surface area contributed by atoms with E-state index in [1.165, 1.54) is 17.0 Å². The summed E-state index contributed by atoms with van der Waals surface area (Å²) in [4.78, 5) is 28.6. The van der Waals surface area contributed by atoms with Crippen LogP contribution in [0.1, 0.15) is 48.9 Å². The lowest BCUT2D eigenvalue weighted by Crippen LogP contribution is -2.51. The van der Waals surface area contributed by atoms with Crippen LogP contribution in [0.4, 0.5) is 5.69 Å². The highest BCUT2D eigenvalue weighted by Crippen LogP contribution is 2.29. The third-order valence-electron chi connectivity index (χ3n) is 6.86. The van der Waals surface area contributed by atoms with Gasteiger partial charge in [-0.2, -0.15) is 0 Å². The van der Waals surface area contributed by atoms with Gasteiger partial charge in [-0.3, -0.25) is 13.9 Å². The Kier molecular flexibility index (Phi) is 11.2. The van der Waals surface area contributed by atoms with Crippen molar-refractivity contribution in [2.75, 3.05) is 17.4 Å². The second-order valence-corrected chi connectivity index (χ2v) is 12.9. The molecule has 0 unspecified atom stereocenters. The number of anilines is 1. The Morgan fingerprint density at radius 1 is 0.927 bits per heavy atom. The van der Waals surface area contributed by atoms with Crippen LogP contribution in [0.15, 0.2) is 65.6 Å². The van der Waals surface area contributed by atoms with E-state index in [9.17, 15) is 18.0 Å². The minimum Gasteiger partial charge on any atom is -0.354 e. The number of carbonyl (C=O) groups is 2. The quantitative estimate of drug-likeness (QED) is 0.237. The highest BCUT2D eigenvalue weighted by Gasteiger charge is 2.33. The van der Waals surface area contributed by atoms with Gasteiger partial charge in [0.25, 0.3) is 10.0 Å². The lowest BCUT2D eigenvalue weighted by atomic mass is 10.1. The highest BCUT2D eigenvalue weighted by molar-refractivity contribution is 7.92. The molecule has 0 aliphatic carbocycles. The van der Waals surface area contributed by atoms with Crippen LogP contribution < -0.4 is 9.62 Å². The number of nitrogens with one attached hydrogen (secondary N) is 1. The molecule has 1 N–H and O–H groups in total. The first-order valence-corrected chi connectivity index (χ1v) is 15.7. The van der Waals surface area contributed by atoms with Crippen molar-refractivity contribution in [2.45, 2.75) is 64.9 Å². The maximum Gasteiger partial charge on any atom is 0.264 e. The van der Waals surface area contributed by atoms with Crippen LogP contribution >= 0.6 is 23.2 Å². The zero-order valence-electron chi connectivity index (χ0n) is 24.1. The molecule has 1 atom stereocenters. The number of carbonyl (C=O) groups excluding carboxylic acids is 2. The van der Waals surface area contributed by atoms with E-state index in [1.807, 2.05) is 26.8 Å². The first kappa shape index (κ1) is 32.4. The normalized spacial score (nSPS) is 12.1. The molecule has 3 aromatic rings. The third-order valence-corrected chi connectivity index (χ3v) is 9.22. The predicted molar refractivity (Wildman–Crippen MR) is 166 cm³/mol. The Morgan fingerprint density at radius 3 is 2.20 bits per heavy atom. The van der Waals surface area contributed by atoms with Gasteiger partial charge in [-0.05, 0) is 75.6 Å². The number of sulfonamides is 1. The zero-order chi connectivity index (χ0) is 30.3. The third kappa shape index (κ3) is 8.24. The molecule has 0 heterocycles. The SMILES string of the molecule is CCCCNC(=O)[C@@H](C)N(Cc1ccc(Cl)cc1Cl)C(=O)CN(c1ccc(C)cc1C)S(=O)(=O)c1ccc(C)cc1. The maximum atomic E-state index is 14.1. The van der Waals surface area contributed by atoms with E-state index in [0.29, 0.717) is 33.4 Å². The van der Waals surface area contributed by atoms with Crippen molar-refractivity contribution in [2.24, 2.45) is 0 Å². The van der Waals surface area contributed by atoms with E-state index in [2.05, 4.69) is 5.32 Å². The van der Waals surface area contributed by atoms with Crippen molar-refractivity contribution in [3.63, 3.8) is 0 Å². The fourth-order valence-electron chi connectivity index (χ4n) is 4.39. The maximum absolute atomic E-state index is 14.1. The number of benzene rings is 3. The van der Waals surface area contributed by atoms with Crippen molar-refractivity contribution >= 4 is 50.7 Å². The van der Waals surface area contributed by atoms with Crippen molar-refractivity contribution in [3.05, 3.63) is 93.0 Å². The number of unbranched alkanes of at least 4 members (excludes halogenated alkanes) is 1. The molecule has 2 amide bonds. The summed E-state index contributed by atoms with van der Waals surface area (Å²) in [6.07, 6.45) is 1.70. The molecule has 3 rings (SSSR count). The summed E-state index contributed by atoms with van der Waals surface area (Å²) < 4.78 is 29.1. The van der Waals surface area contributed by atoms with Gasteiger partial charge in [0.2, 0.25) is 11.8 Å². The molecule has 3 aromatic carbocycles. The van der Waals surface area contributed by atoms with Crippen LogP contribution in [-0.2, 0) is 26.2 Å². The Balaban J connectivity index is 2.06. The van der Waals surface area contributed by atoms with Crippen LogP contribution in [0, 0.1) is 20.8 Å². The number of hydrogen-bond donors (Lipinski definition) is 1. The van der Waals surface area contributed by atoms with Gasteiger partial charge in [-0.25, -0.2) is 8.42 Å². The molecular weight excluding hydrogens is 581 g/mol. The van der Waals surface area contributed by atoms with Crippen LogP contribution in [0.2, 0.25) is 10.0 Å². The molecule has 41 heavy (non-hydrogen) atoms. The minimum absolute atomic E-state index is 0.0114. The molecule has 0 saturated heterocycles. The van der Waals surface area contributed by atoms with Crippen LogP contribution in [0.3, 0.4) is 0 Å². The van der Waals surface area contributed by atoms with Gasteiger partial charge in [-0.1, -0.05) is 78.0 Å². The lowest BCUT2D eigenvalue weighted by molar-refractivity contribution is -0.139. The summed E-state index contributed by atoms with van der Waals surface area (Å²) >= 11 is 12.5. The molecule has 0 spiro atoms. The zero-order valence-corrected chi connectivity index (χ0v) is 26.4. The first-order chi connectivity index (χ1) is 19.3. The Hall–Kier alpha value is -3.07. The van der Waals surface area contributed by atoms with E-state index in [4.69, 9.17) is 23.2 Å². The second kappa shape index (κ2) is 14.2. The topological polar surface area (TPSA) is 86.8 Å². The minimum atomic E-state index is -4.14. The fourth-order valence-corrected chi connectivity index (χ4v) is 6.34. The monoisotopic (exact) mass is 617 g/mol. The average Bonchev–Trinajstić information content (AvgIpc) is 2.91. The molecule has 0 bridgehead atoms. The molecule has 10 heteroatoms. The molecule has 0 aromatic heterocycles. The number of rotatable bonds is 12. The van der Waals surface area contributed by atoms with Gasteiger partial charge in [0, 0.05) is 23.1 Å². The summed E-state index contributed by atoms with van der Waals surface area (Å²) in [6, 6.07) is 15.9. The van der Waals surface area contributed by atoms with Crippen molar-refractivity contribution in [1.29, 1.82) is 0 Å². The molecule has 0 saturated carbocycles. The molecule has 0 aliphatic heterocycles. The summed E-state index contributed by atoms with van der Waals surface area (Å²) in [5.74, 6) is -0.888. The van der Waals surface area contributed by atoms with E-state index in [1.54, 1.807) is 56.3 Å². The van der Waals surface area contributed by atoms with Gasteiger partial charge in [0.05, 0.1) is 10.6 Å². The van der Waals surface area contributed by atoms with Gasteiger partial charge in [-0.15, -0.1) is 0 Å². The Bertz CT molecular complexity index is 1490. The van der Waals surface area contributed by atoms with E-state index >= 15 is 0 Å². The van der Waals surface area contributed by atoms with Gasteiger partial charge < -0.3 is 10.2 Å². The summed E-state index contributed by atoms with van der Waals surface area (Å²) in [5, 5.41) is 3.65. The van der Waals surface area contributed by atoms with Crippen molar-refractivity contribution in [1.82, 2.24) is 10.2 Å². The van der Waals surface area contributed by atoms with Crippen LogP contribution in [0.25, 0.3) is 0 Å². The molecule has 0 aliphatic rings. The Morgan fingerprint density at radius 2 is 1.59 bits per heavy atom. The largest absolute Gasteiger partial charge is 0.354 e. The highest BCUT2D eigenvalue weighted by atomic mass is 35.5. The Labute approximate surface area is 253 Å². The number of amides is 2. The van der Waals surface area contributed by atoms with Gasteiger partial charge in [0.15, 0.2) is 0 Å². The smallest absolute Gasteiger partial charge is 0.264 e. The van der Waals surface area contributed by atoms with Crippen LogP contribution in [0.5, 0.6) is 0 Å². The molecule has 0 radical (unpaired) electrons. The standard InChI is InChI=1S/C31H37Cl2N3O4S/c1-6-7-16-34-31(38)24(5)35(19-25-11-12-26(32)18-28(25)33)30(37)20-36(29-15-10-22(3)17-23(29)4)41(39,40)27-13-8-21(2)9-14-27/h8-15,17-18,24H,6-7,16,19-20H2,1-5H3,(H,34,38)/t24-/m1/s1. The fraction of sp³-hybridized carbons (Fsp3) is 0.355. The number of nitrogens with zero attached hydrogens (tertiary/aromatic N) is 2. The molecular formula is C31H37Cl2N3O4S. The van der Waals surface area contributed by atoms with Crippen molar-refractivity contribution in [3.8, 4) is 0 Å². The molecule has 220 valence electrons. The van der Waals surface area contributed by atoms with Gasteiger partial charge in [0.1, 0.15) is 12.6 Å². The molecule has 0 fully saturated rings. The second-order valence-electron chi connectivity index (χ2n) is 10.2. The predicted octanol–water partition coefficient (Wildman–Crippen LogP) is 6.45. The first-order valence-electron chi connectivity index (χ1n) is 13.5. The van der Waals surface area contributed by atoms with E-state index in [0.717, 1.165) is 28.3 Å². The summed E-state index contributed by atoms with van der Waals surface area (Å²) in [5.41, 5.74) is 3.53. The summed E-state index contributed by atoms with van der Waals surface area (Å²) in [6.45, 7) is 9.18. The van der Waals surface area contributed by atoms with Crippen molar-refractivity contribution < 1.29 is 18.0 Å². The number of hydrogen-bond acceptors (Lipinski definition) is 4. The van der Waals surface area contributed by atoms with E-state index < -0.39 is 28.5 Å². The molecule has 7 nitrogen and oxygen atoms in total. The number of halogens is 2. The van der Waals surface area contributed by atoms with Gasteiger partial charge >= 0.3 is 0 Å². The van der Waals surface area contributed by atoms with Crippen LogP contribution in [-0.4, -0.2) is 44.3 Å². The lowest BCUT2D eigenvalue weighted by Gasteiger charge is -2.32. The summed E-state index contributed by atoms with van der Waals surface area (Å²) in [7, 11) is -4.14. The number of aryl methyl sites for hydroxylation is 3. The van der Waals surface area contributed by atoms with E-state index in [-0.39, 0.29) is 17.3 Å².